The van der Waals surface area contributed by atoms with Crippen molar-refractivity contribution in [1.29, 1.82) is 0 Å². The third-order valence-electron chi connectivity index (χ3n) is 4.14. The fourth-order valence-corrected chi connectivity index (χ4v) is 3.61. The molecule has 140 valence electrons. The quantitative estimate of drug-likeness (QED) is 0.447. The first-order chi connectivity index (χ1) is 13.7. The van der Waals surface area contributed by atoms with E-state index in [1.807, 2.05) is 60.0 Å². The Morgan fingerprint density at radius 3 is 2.64 bits per heavy atom. The second-order valence-electron chi connectivity index (χ2n) is 6.08. The number of amides is 1. The molecule has 2 aromatic carbocycles. The van der Waals surface area contributed by atoms with Crippen molar-refractivity contribution in [3.05, 3.63) is 75.9 Å². The minimum atomic E-state index is -0.0684. The molecule has 2 heterocycles. The number of nitrogens with zero attached hydrogens (tertiary/aromatic N) is 2. The van der Waals surface area contributed by atoms with Crippen LogP contribution in [-0.2, 0) is 0 Å². The van der Waals surface area contributed by atoms with Crippen LogP contribution in [0.15, 0.2) is 66.0 Å². The molecule has 0 spiro atoms. The first-order valence-corrected chi connectivity index (χ1v) is 10.0. The average molecular weight is 409 g/mol. The van der Waals surface area contributed by atoms with Gasteiger partial charge < -0.3 is 10.6 Å². The van der Waals surface area contributed by atoms with Crippen molar-refractivity contribution in [3.8, 4) is 11.4 Å². The van der Waals surface area contributed by atoms with E-state index in [9.17, 15) is 4.79 Å². The minimum Gasteiger partial charge on any atom is -0.368 e. The Kier molecular flexibility index (Phi) is 5.50. The molecule has 2 aromatic heterocycles. The van der Waals surface area contributed by atoms with Crippen LogP contribution in [0.25, 0.3) is 22.3 Å². The number of nitrogens with one attached hydrogen (secondary N) is 2. The molecule has 0 saturated heterocycles. The Balaban J connectivity index is 1.54. The maximum atomic E-state index is 12.0. The predicted molar refractivity (Wildman–Crippen MR) is 115 cm³/mol. The number of anilines is 1. The maximum absolute atomic E-state index is 12.0. The zero-order valence-corrected chi connectivity index (χ0v) is 16.4. The summed E-state index contributed by atoms with van der Waals surface area (Å²) in [7, 11) is 0. The number of hydrogen-bond acceptors (Lipinski definition) is 5. The van der Waals surface area contributed by atoms with E-state index in [2.05, 4.69) is 15.6 Å². The van der Waals surface area contributed by atoms with Crippen LogP contribution >= 0.6 is 22.9 Å². The molecule has 0 bridgehead atoms. The van der Waals surface area contributed by atoms with Gasteiger partial charge in [0, 0.05) is 29.1 Å². The molecule has 1 amide bonds. The first kappa shape index (κ1) is 18.4. The monoisotopic (exact) mass is 408 g/mol. The summed E-state index contributed by atoms with van der Waals surface area (Å²) in [6, 6.07) is 19.0. The first-order valence-electron chi connectivity index (χ1n) is 8.79. The molecule has 0 radical (unpaired) electrons. The summed E-state index contributed by atoms with van der Waals surface area (Å²) >= 11 is 7.58. The lowest BCUT2D eigenvalue weighted by atomic mass is 10.2. The van der Waals surface area contributed by atoms with Crippen molar-refractivity contribution in [1.82, 2.24) is 15.3 Å². The van der Waals surface area contributed by atoms with Gasteiger partial charge in [-0.3, -0.25) is 4.79 Å². The maximum Gasteiger partial charge on any atom is 0.261 e. The highest BCUT2D eigenvalue weighted by molar-refractivity contribution is 7.12. The highest BCUT2D eigenvalue weighted by Crippen LogP contribution is 2.27. The normalized spacial score (nSPS) is 10.8. The SMILES string of the molecule is O=C(NCCNc1nc(-c2ccccc2)nc2cc(Cl)ccc12)c1cccs1. The van der Waals surface area contributed by atoms with Crippen LogP contribution in [-0.4, -0.2) is 29.0 Å². The molecular formula is C21H17ClN4OS. The summed E-state index contributed by atoms with van der Waals surface area (Å²) in [6.07, 6.45) is 0. The minimum absolute atomic E-state index is 0.0684. The van der Waals surface area contributed by atoms with Gasteiger partial charge in [-0.2, -0.15) is 0 Å². The van der Waals surface area contributed by atoms with E-state index in [-0.39, 0.29) is 5.91 Å². The number of carbonyl (C=O) groups is 1. The molecule has 28 heavy (non-hydrogen) atoms. The van der Waals surface area contributed by atoms with Crippen LogP contribution in [0.1, 0.15) is 9.67 Å². The van der Waals surface area contributed by atoms with Crippen molar-refractivity contribution in [2.24, 2.45) is 0 Å². The molecule has 0 unspecified atom stereocenters. The third-order valence-corrected chi connectivity index (χ3v) is 5.24. The molecule has 7 heteroatoms. The van der Waals surface area contributed by atoms with Crippen LogP contribution in [0.5, 0.6) is 0 Å². The number of aromatic nitrogens is 2. The molecule has 0 saturated carbocycles. The topological polar surface area (TPSA) is 66.9 Å². The van der Waals surface area contributed by atoms with Crippen LogP contribution in [0.4, 0.5) is 5.82 Å². The molecule has 5 nitrogen and oxygen atoms in total. The Morgan fingerprint density at radius 2 is 1.86 bits per heavy atom. The summed E-state index contributed by atoms with van der Waals surface area (Å²) in [6.45, 7) is 1.02. The van der Waals surface area contributed by atoms with Crippen LogP contribution in [0, 0.1) is 0 Å². The van der Waals surface area contributed by atoms with Crippen molar-refractivity contribution < 1.29 is 4.79 Å². The van der Waals surface area contributed by atoms with Crippen molar-refractivity contribution in [2.75, 3.05) is 18.4 Å². The largest absolute Gasteiger partial charge is 0.368 e. The zero-order valence-electron chi connectivity index (χ0n) is 14.9. The Hall–Kier alpha value is -2.96. The van der Waals surface area contributed by atoms with Crippen molar-refractivity contribution in [2.45, 2.75) is 0 Å². The summed E-state index contributed by atoms with van der Waals surface area (Å²) in [5.41, 5.74) is 1.70. The summed E-state index contributed by atoms with van der Waals surface area (Å²) in [4.78, 5) is 22.1. The van der Waals surface area contributed by atoms with Gasteiger partial charge in [-0.25, -0.2) is 9.97 Å². The summed E-state index contributed by atoms with van der Waals surface area (Å²) < 4.78 is 0. The van der Waals surface area contributed by atoms with E-state index in [0.29, 0.717) is 34.6 Å². The Morgan fingerprint density at radius 1 is 1.00 bits per heavy atom. The number of halogens is 1. The highest BCUT2D eigenvalue weighted by Gasteiger charge is 2.10. The molecule has 0 aliphatic heterocycles. The second kappa shape index (κ2) is 8.37. The van der Waals surface area contributed by atoms with Gasteiger partial charge in [-0.15, -0.1) is 11.3 Å². The number of fused-ring (bicyclic) bond motifs is 1. The van der Waals surface area contributed by atoms with E-state index in [1.54, 1.807) is 6.07 Å². The summed E-state index contributed by atoms with van der Waals surface area (Å²) in [5, 5.41) is 9.61. The van der Waals surface area contributed by atoms with Gasteiger partial charge in [-0.05, 0) is 29.6 Å². The fraction of sp³-hybridized carbons (Fsp3) is 0.0952. The molecule has 0 atom stereocenters. The van der Waals surface area contributed by atoms with Gasteiger partial charge in [0.1, 0.15) is 5.82 Å². The zero-order chi connectivity index (χ0) is 19.3. The van der Waals surface area contributed by atoms with Crippen molar-refractivity contribution in [3.63, 3.8) is 0 Å². The molecule has 2 N–H and O–H groups in total. The van der Waals surface area contributed by atoms with Gasteiger partial charge in [0.15, 0.2) is 5.82 Å². The average Bonchev–Trinajstić information content (AvgIpc) is 3.26. The van der Waals surface area contributed by atoms with Crippen molar-refractivity contribution >= 4 is 45.6 Å². The highest BCUT2D eigenvalue weighted by atomic mass is 35.5. The lowest BCUT2D eigenvalue weighted by molar-refractivity contribution is 0.0959. The fourth-order valence-electron chi connectivity index (χ4n) is 2.81. The number of benzene rings is 2. The smallest absolute Gasteiger partial charge is 0.261 e. The standard InChI is InChI=1S/C21H17ClN4OS/c22-15-8-9-16-17(13-15)25-19(14-5-2-1-3-6-14)26-20(16)23-10-11-24-21(27)18-7-4-12-28-18/h1-9,12-13H,10-11H2,(H,24,27)(H,23,25,26). The lowest BCUT2D eigenvalue weighted by Gasteiger charge is -2.12. The molecule has 0 aliphatic rings. The van der Waals surface area contributed by atoms with E-state index in [0.717, 1.165) is 16.5 Å². The molecular weight excluding hydrogens is 392 g/mol. The molecule has 0 fully saturated rings. The van der Waals surface area contributed by atoms with E-state index in [1.165, 1.54) is 11.3 Å². The van der Waals surface area contributed by atoms with Crippen LogP contribution in [0.3, 0.4) is 0 Å². The van der Waals surface area contributed by atoms with Gasteiger partial charge in [-0.1, -0.05) is 48.0 Å². The van der Waals surface area contributed by atoms with Gasteiger partial charge in [0.05, 0.1) is 10.4 Å². The molecule has 4 aromatic rings. The Bertz CT molecular complexity index is 1100. The Labute approximate surface area is 171 Å². The van der Waals surface area contributed by atoms with Crippen LogP contribution in [0.2, 0.25) is 5.02 Å². The number of carbonyl (C=O) groups excluding carboxylic acids is 1. The molecule has 4 rings (SSSR count). The van der Waals surface area contributed by atoms with E-state index < -0.39 is 0 Å². The number of thiophene rings is 1. The predicted octanol–water partition coefficient (Wildman–Crippen LogP) is 4.85. The third kappa shape index (κ3) is 4.13. The van der Waals surface area contributed by atoms with E-state index >= 15 is 0 Å². The number of rotatable bonds is 6. The van der Waals surface area contributed by atoms with Gasteiger partial charge in [0.25, 0.3) is 5.91 Å². The summed E-state index contributed by atoms with van der Waals surface area (Å²) in [5.74, 6) is 1.27. The van der Waals surface area contributed by atoms with Gasteiger partial charge >= 0.3 is 0 Å². The molecule has 0 aliphatic carbocycles. The second-order valence-corrected chi connectivity index (χ2v) is 7.47. The number of hydrogen-bond donors (Lipinski definition) is 2. The van der Waals surface area contributed by atoms with E-state index in [4.69, 9.17) is 16.6 Å². The van der Waals surface area contributed by atoms with Gasteiger partial charge in [0.2, 0.25) is 0 Å². The lowest BCUT2D eigenvalue weighted by Crippen LogP contribution is -2.28. The van der Waals surface area contributed by atoms with Crippen LogP contribution < -0.4 is 10.6 Å².